The van der Waals surface area contributed by atoms with Crippen molar-refractivity contribution in [3.05, 3.63) is 24.4 Å². The molecule has 2 aromatic rings. The Morgan fingerprint density at radius 3 is 3.27 bits per heavy atom. The SMILES string of the molecule is Cn1ncc2c(OCC3CO3)cccc21. The Morgan fingerprint density at radius 1 is 1.60 bits per heavy atom. The van der Waals surface area contributed by atoms with Gasteiger partial charge in [-0.05, 0) is 12.1 Å². The molecule has 4 nitrogen and oxygen atoms in total. The van der Waals surface area contributed by atoms with E-state index in [1.165, 1.54) is 0 Å². The first kappa shape index (κ1) is 8.73. The smallest absolute Gasteiger partial charge is 0.130 e. The molecule has 1 aromatic carbocycles. The number of epoxide rings is 1. The van der Waals surface area contributed by atoms with E-state index in [0.717, 1.165) is 23.3 Å². The minimum absolute atomic E-state index is 0.289. The van der Waals surface area contributed by atoms with E-state index < -0.39 is 0 Å². The first-order valence-corrected chi connectivity index (χ1v) is 5.00. The maximum absolute atomic E-state index is 5.68. The molecular weight excluding hydrogens is 192 g/mol. The van der Waals surface area contributed by atoms with E-state index in [-0.39, 0.29) is 6.10 Å². The number of hydrogen-bond donors (Lipinski definition) is 0. The number of hydrogen-bond acceptors (Lipinski definition) is 3. The van der Waals surface area contributed by atoms with Crippen molar-refractivity contribution < 1.29 is 9.47 Å². The summed E-state index contributed by atoms with van der Waals surface area (Å²) >= 11 is 0. The molecule has 78 valence electrons. The Morgan fingerprint density at radius 2 is 2.47 bits per heavy atom. The van der Waals surface area contributed by atoms with Gasteiger partial charge in [0.1, 0.15) is 18.5 Å². The summed E-state index contributed by atoms with van der Waals surface area (Å²) < 4.78 is 12.6. The molecule has 1 atom stereocenters. The van der Waals surface area contributed by atoms with Crippen LogP contribution in [0.25, 0.3) is 10.9 Å². The lowest BCUT2D eigenvalue weighted by atomic mass is 10.2. The molecule has 1 fully saturated rings. The van der Waals surface area contributed by atoms with E-state index in [0.29, 0.717) is 6.61 Å². The van der Waals surface area contributed by atoms with Crippen LogP contribution >= 0.6 is 0 Å². The fourth-order valence-corrected chi connectivity index (χ4v) is 1.62. The Kier molecular flexibility index (Phi) is 1.89. The van der Waals surface area contributed by atoms with Crippen LogP contribution in [0.3, 0.4) is 0 Å². The van der Waals surface area contributed by atoms with Crippen molar-refractivity contribution in [3.8, 4) is 5.75 Å². The van der Waals surface area contributed by atoms with Crippen LogP contribution in [0.4, 0.5) is 0 Å². The van der Waals surface area contributed by atoms with Crippen molar-refractivity contribution >= 4 is 10.9 Å². The van der Waals surface area contributed by atoms with Gasteiger partial charge < -0.3 is 9.47 Å². The zero-order chi connectivity index (χ0) is 10.3. The predicted molar refractivity (Wildman–Crippen MR) is 55.9 cm³/mol. The lowest BCUT2D eigenvalue weighted by Crippen LogP contribution is -2.04. The van der Waals surface area contributed by atoms with Crippen LogP contribution in [-0.4, -0.2) is 29.1 Å². The molecule has 0 radical (unpaired) electrons. The highest BCUT2D eigenvalue weighted by Gasteiger charge is 2.23. The average molecular weight is 204 g/mol. The van der Waals surface area contributed by atoms with Crippen molar-refractivity contribution in [3.63, 3.8) is 0 Å². The Balaban J connectivity index is 1.94. The molecule has 0 amide bonds. The number of fused-ring (bicyclic) bond motifs is 1. The highest BCUT2D eigenvalue weighted by Crippen LogP contribution is 2.25. The minimum atomic E-state index is 0.289. The second-order valence-electron chi connectivity index (χ2n) is 3.72. The molecule has 0 spiro atoms. The maximum atomic E-state index is 5.68. The maximum Gasteiger partial charge on any atom is 0.130 e. The van der Waals surface area contributed by atoms with E-state index >= 15 is 0 Å². The summed E-state index contributed by atoms with van der Waals surface area (Å²) in [4.78, 5) is 0. The molecular formula is C11H12N2O2. The van der Waals surface area contributed by atoms with Gasteiger partial charge in [-0.25, -0.2) is 0 Å². The third kappa shape index (κ3) is 1.57. The van der Waals surface area contributed by atoms with Crippen molar-refractivity contribution in [2.75, 3.05) is 13.2 Å². The van der Waals surface area contributed by atoms with Gasteiger partial charge in [0.2, 0.25) is 0 Å². The number of aryl methyl sites for hydroxylation is 1. The van der Waals surface area contributed by atoms with Gasteiger partial charge >= 0.3 is 0 Å². The molecule has 0 saturated carbocycles. The molecule has 1 aliphatic rings. The minimum Gasteiger partial charge on any atom is -0.490 e. The van der Waals surface area contributed by atoms with Crippen LogP contribution in [-0.2, 0) is 11.8 Å². The van der Waals surface area contributed by atoms with Crippen LogP contribution < -0.4 is 4.74 Å². The topological polar surface area (TPSA) is 39.6 Å². The summed E-state index contributed by atoms with van der Waals surface area (Å²) in [7, 11) is 1.93. The second kappa shape index (κ2) is 3.24. The highest BCUT2D eigenvalue weighted by atomic mass is 16.6. The summed E-state index contributed by atoms with van der Waals surface area (Å²) in [6.07, 6.45) is 2.12. The summed E-state index contributed by atoms with van der Waals surface area (Å²) in [6, 6.07) is 5.97. The van der Waals surface area contributed by atoms with E-state index in [2.05, 4.69) is 5.10 Å². The van der Waals surface area contributed by atoms with Gasteiger partial charge in [-0.3, -0.25) is 4.68 Å². The zero-order valence-electron chi connectivity index (χ0n) is 8.51. The Hall–Kier alpha value is -1.55. The van der Waals surface area contributed by atoms with Crippen molar-refractivity contribution in [2.45, 2.75) is 6.10 Å². The third-order valence-corrected chi connectivity index (χ3v) is 2.58. The van der Waals surface area contributed by atoms with E-state index in [1.54, 1.807) is 0 Å². The van der Waals surface area contributed by atoms with Crippen LogP contribution in [0.1, 0.15) is 0 Å². The molecule has 1 unspecified atom stereocenters. The molecule has 0 aliphatic carbocycles. The van der Waals surface area contributed by atoms with E-state index in [4.69, 9.17) is 9.47 Å². The molecule has 2 heterocycles. The number of ether oxygens (including phenoxy) is 2. The Bertz CT molecular complexity index is 488. The lowest BCUT2D eigenvalue weighted by molar-refractivity contribution is 0.265. The number of rotatable bonds is 3. The lowest BCUT2D eigenvalue weighted by Gasteiger charge is -2.05. The average Bonchev–Trinajstić information content (AvgIpc) is 3.01. The van der Waals surface area contributed by atoms with Gasteiger partial charge in [-0.1, -0.05) is 6.07 Å². The number of benzene rings is 1. The molecule has 0 bridgehead atoms. The summed E-state index contributed by atoms with van der Waals surface area (Å²) in [5, 5.41) is 5.26. The normalized spacial score (nSPS) is 19.4. The number of nitrogens with zero attached hydrogens (tertiary/aromatic N) is 2. The van der Waals surface area contributed by atoms with Crippen molar-refractivity contribution in [1.29, 1.82) is 0 Å². The predicted octanol–water partition coefficient (Wildman–Crippen LogP) is 1.35. The van der Waals surface area contributed by atoms with Gasteiger partial charge in [0, 0.05) is 7.05 Å². The van der Waals surface area contributed by atoms with Crippen LogP contribution in [0, 0.1) is 0 Å². The summed E-state index contributed by atoms with van der Waals surface area (Å²) in [5.74, 6) is 0.885. The Labute approximate surface area is 87.4 Å². The monoisotopic (exact) mass is 204 g/mol. The summed E-state index contributed by atoms with van der Waals surface area (Å²) in [6.45, 7) is 1.46. The standard InChI is InChI=1S/C11H12N2O2/c1-13-10-3-2-4-11(9(10)5-12-13)15-7-8-6-14-8/h2-5,8H,6-7H2,1H3. The highest BCUT2D eigenvalue weighted by molar-refractivity contribution is 5.85. The third-order valence-electron chi connectivity index (χ3n) is 2.58. The van der Waals surface area contributed by atoms with Crippen molar-refractivity contribution in [1.82, 2.24) is 9.78 Å². The molecule has 3 rings (SSSR count). The molecule has 4 heteroatoms. The van der Waals surface area contributed by atoms with Gasteiger partial charge in [-0.2, -0.15) is 5.10 Å². The quantitative estimate of drug-likeness (QED) is 0.708. The molecule has 0 N–H and O–H groups in total. The molecule has 1 saturated heterocycles. The first-order valence-electron chi connectivity index (χ1n) is 5.00. The molecule has 1 aromatic heterocycles. The van der Waals surface area contributed by atoms with Gasteiger partial charge in [-0.15, -0.1) is 0 Å². The van der Waals surface area contributed by atoms with E-state index in [1.807, 2.05) is 36.1 Å². The van der Waals surface area contributed by atoms with Crippen LogP contribution in [0.15, 0.2) is 24.4 Å². The second-order valence-corrected chi connectivity index (χ2v) is 3.72. The largest absolute Gasteiger partial charge is 0.490 e. The molecule has 15 heavy (non-hydrogen) atoms. The van der Waals surface area contributed by atoms with Crippen LogP contribution in [0.2, 0.25) is 0 Å². The fourth-order valence-electron chi connectivity index (χ4n) is 1.62. The van der Waals surface area contributed by atoms with Gasteiger partial charge in [0.15, 0.2) is 0 Å². The number of aromatic nitrogens is 2. The van der Waals surface area contributed by atoms with Crippen molar-refractivity contribution in [2.24, 2.45) is 7.05 Å². The van der Waals surface area contributed by atoms with Gasteiger partial charge in [0.05, 0.1) is 23.7 Å². The van der Waals surface area contributed by atoms with E-state index in [9.17, 15) is 0 Å². The van der Waals surface area contributed by atoms with Gasteiger partial charge in [0.25, 0.3) is 0 Å². The molecule has 1 aliphatic heterocycles. The zero-order valence-corrected chi connectivity index (χ0v) is 8.51. The summed E-state index contributed by atoms with van der Waals surface area (Å²) in [5.41, 5.74) is 1.09. The first-order chi connectivity index (χ1) is 7.34. The van der Waals surface area contributed by atoms with Crippen LogP contribution in [0.5, 0.6) is 5.75 Å². The fraction of sp³-hybridized carbons (Fsp3) is 0.364.